The lowest BCUT2D eigenvalue weighted by Crippen LogP contribution is -2.38. The Morgan fingerprint density at radius 1 is 1.24 bits per heavy atom. The third kappa shape index (κ3) is 4.62. The van der Waals surface area contributed by atoms with Crippen molar-refractivity contribution in [1.29, 1.82) is 0 Å². The van der Waals surface area contributed by atoms with Crippen LogP contribution in [0.3, 0.4) is 0 Å². The van der Waals surface area contributed by atoms with E-state index in [1.165, 1.54) is 22.0 Å². The smallest absolute Gasteiger partial charge is 0.190 e. The van der Waals surface area contributed by atoms with Gasteiger partial charge in [-0.05, 0) is 30.9 Å². The van der Waals surface area contributed by atoms with E-state index < -0.39 is 0 Å². The molecule has 3 N–H and O–H groups in total. The molecule has 1 aromatic carbocycles. The molecule has 0 saturated carbocycles. The predicted octanol–water partition coefficient (Wildman–Crippen LogP) is 3.21. The highest BCUT2D eigenvalue weighted by Gasteiger charge is 2.05. The van der Waals surface area contributed by atoms with Gasteiger partial charge in [0, 0.05) is 37.2 Å². The first-order valence-electron chi connectivity index (χ1n) is 7.26. The topological polar surface area (TPSA) is 52.2 Å². The van der Waals surface area contributed by atoms with Crippen LogP contribution in [0, 0.1) is 6.92 Å². The lowest BCUT2D eigenvalue weighted by atomic mass is 10.1. The van der Waals surface area contributed by atoms with Crippen LogP contribution in [0.4, 0.5) is 0 Å². The standard InChI is InChI=1S/C16H24N4.HI/c1-4-9-18-16(17-3)19-10-8-13-11-20-15-12(2)6-5-7-14(13)15;/h5-7,11,20H,4,8-10H2,1-3H3,(H2,17,18,19);1H. The minimum absolute atomic E-state index is 0. The minimum atomic E-state index is 0. The van der Waals surface area contributed by atoms with Crippen LogP contribution in [-0.4, -0.2) is 31.1 Å². The maximum Gasteiger partial charge on any atom is 0.190 e. The molecule has 0 amide bonds. The van der Waals surface area contributed by atoms with E-state index >= 15 is 0 Å². The molecular weight excluding hydrogens is 375 g/mol. The van der Waals surface area contributed by atoms with E-state index in [0.717, 1.165) is 31.9 Å². The summed E-state index contributed by atoms with van der Waals surface area (Å²) in [4.78, 5) is 7.58. The molecule has 0 aliphatic heterocycles. The van der Waals surface area contributed by atoms with E-state index in [0.29, 0.717) is 0 Å². The van der Waals surface area contributed by atoms with Crippen molar-refractivity contribution < 1.29 is 0 Å². The highest BCUT2D eigenvalue weighted by molar-refractivity contribution is 14.0. The Hall–Kier alpha value is -1.24. The Labute approximate surface area is 143 Å². The first-order chi connectivity index (χ1) is 9.76. The van der Waals surface area contributed by atoms with Crippen LogP contribution >= 0.6 is 24.0 Å². The van der Waals surface area contributed by atoms with Gasteiger partial charge in [0.1, 0.15) is 0 Å². The van der Waals surface area contributed by atoms with Crippen molar-refractivity contribution in [3.05, 3.63) is 35.5 Å². The van der Waals surface area contributed by atoms with E-state index in [9.17, 15) is 0 Å². The maximum absolute atomic E-state index is 4.21. The number of nitrogens with one attached hydrogen (secondary N) is 3. The van der Waals surface area contributed by atoms with Gasteiger partial charge in [-0.1, -0.05) is 25.1 Å². The van der Waals surface area contributed by atoms with Crippen LogP contribution in [0.5, 0.6) is 0 Å². The number of halogens is 1. The molecule has 0 aliphatic rings. The summed E-state index contributed by atoms with van der Waals surface area (Å²) in [5, 5.41) is 7.95. The predicted molar refractivity (Wildman–Crippen MR) is 102 cm³/mol. The molecule has 0 aliphatic carbocycles. The minimum Gasteiger partial charge on any atom is -0.361 e. The average Bonchev–Trinajstić information content (AvgIpc) is 2.87. The van der Waals surface area contributed by atoms with Crippen molar-refractivity contribution in [3.63, 3.8) is 0 Å². The fraction of sp³-hybridized carbons (Fsp3) is 0.438. The first kappa shape index (κ1) is 17.8. The number of rotatable bonds is 5. The molecule has 4 nitrogen and oxygen atoms in total. The molecule has 0 bridgehead atoms. The van der Waals surface area contributed by atoms with Gasteiger partial charge in [0.25, 0.3) is 0 Å². The van der Waals surface area contributed by atoms with Crippen LogP contribution in [0.15, 0.2) is 29.4 Å². The Balaban J connectivity index is 0.00000220. The van der Waals surface area contributed by atoms with Crippen molar-refractivity contribution in [2.75, 3.05) is 20.1 Å². The number of hydrogen-bond acceptors (Lipinski definition) is 1. The van der Waals surface area contributed by atoms with Gasteiger partial charge in [-0.3, -0.25) is 4.99 Å². The molecule has 0 spiro atoms. The molecule has 2 aromatic rings. The van der Waals surface area contributed by atoms with Gasteiger partial charge in [-0.2, -0.15) is 0 Å². The van der Waals surface area contributed by atoms with Crippen molar-refractivity contribution in [2.45, 2.75) is 26.7 Å². The summed E-state index contributed by atoms with van der Waals surface area (Å²) in [6, 6.07) is 6.43. The summed E-state index contributed by atoms with van der Waals surface area (Å²) in [5.74, 6) is 0.878. The number of aromatic nitrogens is 1. The monoisotopic (exact) mass is 400 g/mol. The molecule has 0 fully saturated rings. The van der Waals surface area contributed by atoms with Crippen LogP contribution in [0.25, 0.3) is 10.9 Å². The Bertz CT molecular complexity index is 589. The molecule has 2 rings (SSSR count). The average molecular weight is 400 g/mol. The molecule has 5 heteroatoms. The number of nitrogens with zero attached hydrogens (tertiary/aromatic N) is 1. The van der Waals surface area contributed by atoms with E-state index in [-0.39, 0.29) is 24.0 Å². The first-order valence-corrected chi connectivity index (χ1v) is 7.26. The van der Waals surface area contributed by atoms with Gasteiger partial charge in [-0.25, -0.2) is 0 Å². The SMILES string of the molecule is CCCNC(=NC)NCCc1c[nH]c2c(C)cccc12.I. The second-order valence-corrected chi connectivity index (χ2v) is 4.99. The van der Waals surface area contributed by atoms with Crippen molar-refractivity contribution in [2.24, 2.45) is 4.99 Å². The van der Waals surface area contributed by atoms with Gasteiger partial charge in [-0.15, -0.1) is 24.0 Å². The number of aryl methyl sites for hydroxylation is 1. The lowest BCUT2D eigenvalue weighted by Gasteiger charge is -2.10. The second-order valence-electron chi connectivity index (χ2n) is 4.99. The van der Waals surface area contributed by atoms with Crippen LogP contribution in [0.2, 0.25) is 0 Å². The Morgan fingerprint density at radius 3 is 2.71 bits per heavy atom. The second kappa shape index (κ2) is 8.92. The Kier molecular flexibility index (Phi) is 7.56. The number of benzene rings is 1. The van der Waals surface area contributed by atoms with Gasteiger partial charge in [0.15, 0.2) is 5.96 Å². The van der Waals surface area contributed by atoms with Crippen LogP contribution in [-0.2, 0) is 6.42 Å². The number of aromatic amines is 1. The van der Waals surface area contributed by atoms with Crippen molar-refractivity contribution >= 4 is 40.8 Å². The number of para-hydroxylation sites is 1. The van der Waals surface area contributed by atoms with E-state index in [1.54, 1.807) is 7.05 Å². The highest BCUT2D eigenvalue weighted by atomic mass is 127. The lowest BCUT2D eigenvalue weighted by molar-refractivity contribution is 0.775. The number of H-pyrrole nitrogens is 1. The third-order valence-corrected chi connectivity index (χ3v) is 3.46. The summed E-state index contributed by atoms with van der Waals surface area (Å²) >= 11 is 0. The summed E-state index contributed by atoms with van der Waals surface area (Å²) < 4.78 is 0. The number of fused-ring (bicyclic) bond motifs is 1. The molecule has 0 radical (unpaired) electrons. The molecule has 0 atom stereocenters. The number of hydrogen-bond donors (Lipinski definition) is 3. The maximum atomic E-state index is 4.21. The summed E-state index contributed by atoms with van der Waals surface area (Å²) in [5.41, 5.74) is 3.89. The van der Waals surface area contributed by atoms with Gasteiger partial charge in [0.05, 0.1) is 0 Å². The molecule has 1 heterocycles. The normalized spacial score (nSPS) is 11.3. The van der Waals surface area contributed by atoms with E-state index in [2.05, 4.69) is 58.9 Å². The Morgan fingerprint density at radius 2 is 2.00 bits per heavy atom. The van der Waals surface area contributed by atoms with Crippen LogP contribution in [0.1, 0.15) is 24.5 Å². The molecule has 1 aromatic heterocycles. The van der Waals surface area contributed by atoms with Gasteiger partial charge in [0.2, 0.25) is 0 Å². The summed E-state index contributed by atoms with van der Waals surface area (Å²) in [7, 11) is 1.81. The van der Waals surface area contributed by atoms with Crippen molar-refractivity contribution in [3.8, 4) is 0 Å². The van der Waals surface area contributed by atoms with Gasteiger partial charge < -0.3 is 15.6 Å². The zero-order chi connectivity index (χ0) is 14.4. The number of aliphatic imine (C=N–C) groups is 1. The van der Waals surface area contributed by atoms with E-state index in [1.807, 2.05) is 0 Å². The quantitative estimate of drug-likeness (QED) is 0.410. The highest BCUT2D eigenvalue weighted by Crippen LogP contribution is 2.21. The molecule has 0 saturated heterocycles. The summed E-state index contributed by atoms with van der Waals surface area (Å²) in [6.45, 7) is 6.11. The molecular formula is C16H25IN4. The van der Waals surface area contributed by atoms with Gasteiger partial charge >= 0.3 is 0 Å². The van der Waals surface area contributed by atoms with E-state index in [4.69, 9.17) is 0 Å². The fourth-order valence-corrected chi connectivity index (χ4v) is 2.35. The zero-order valence-electron chi connectivity index (χ0n) is 13.0. The van der Waals surface area contributed by atoms with Crippen molar-refractivity contribution in [1.82, 2.24) is 15.6 Å². The fourth-order valence-electron chi connectivity index (χ4n) is 2.35. The summed E-state index contributed by atoms with van der Waals surface area (Å²) in [6.07, 6.45) is 4.19. The molecule has 116 valence electrons. The largest absolute Gasteiger partial charge is 0.361 e. The zero-order valence-corrected chi connectivity index (χ0v) is 15.3. The molecule has 21 heavy (non-hydrogen) atoms. The third-order valence-electron chi connectivity index (χ3n) is 3.46. The number of guanidine groups is 1. The molecule has 0 unspecified atom stereocenters. The van der Waals surface area contributed by atoms with Crippen LogP contribution < -0.4 is 10.6 Å².